The fourth-order valence-corrected chi connectivity index (χ4v) is 6.48. The Balaban J connectivity index is 0.000000784. The van der Waals surface area contributed by atoms with Crippen LogP contribution in [0.3, 0.4) is 0 Å². The SMILES string of the molecule is Cl.Cl.c1ccc2c3c([nH]c2c1)[C@H]1[C@@H]2CC[C@@H]([C@H]4CCCN[C@H]24)N1CC3. The lowest BCUT2D eigenvalue weighted by atomic mass is 9.61. The third-order valence-corrected chi connectivity index (χ3v) is 7.26. The predicted octanol–water partition coefficient (Wildman–Crippen LogP) is 4.07. The van der Waals surface area contributed by atoms with Crippen LogP contribution in [0.2, 0.25) is 0 Å². The van der Waals surface area contributed by atoms with Crippen molar-refractivity contribution in [2.75, 3.05) is 13.1 Å². The van der Waals surface area contributed by atoms with Crippen LogP contribution in [-0.2, 0) is 6.42 Å². The van der Waals surface area contributed by atoms with Gasteiger partial charge in [-0.05, 0) is 62.1 Å². The van der Waals surface area contributed by atoms with Gasteiger partial charge in [-0.25, -0.2) is 0 Å². The van der Waals surface area contributed by atoms with E-state index in [-0.39, 0.29) is 24.8 Å². The monoisotopic (exact) mass is 379 g/mol. The molecule has 2 bridgehead atoms. The number of fused-ring (bicyclic) bond motifs is 4. The molecule has 1 aromatic heterocycles. The van der Waals surface area contributed by atoms with Crippen LogP contribution in [0.4, 0.5) is 0 Å². The molecule has 1 saturated carbocycles. The fourth-order valence-electron chi connectivity index (χ4n) is 6.48. The smallest absolute Gasteiger partial charge is 0.0547 e. The van der Waals surface area contributed by atoms with Crippen molar-refractivity contribution in [2.45, 2.75) is 50.2 Å². The second-order valence-electron chi connectivity index (χ2n) is 8.09. The Morgan fingerprint density at radius 2 is 1.88 bits per heavy atom. The van der Waals surface area contributed by atoms with E-state index in [0.29, 0.717) is 6.04 Å². The van der Waals surface area contributed by atoms with Crippen LogP contribution in [0.25, 0.3) is 10.9 Å². The van der Waals surface area contributed by atoms with Crippen LogP contribution in [0.15, 0.2) is 24.3 Å². The minimum absolute atomic E-state index is 0. The van der Waals surface area contributed by atoms with Crippen LogP contribution in [0.5, 0.6) is 0 Å². The van der Waals surface area contributed by atoms with E-state index in [0.717, 1.165) is 23.9 Å². The van der Waals surface area contributed by atoms with E-state index in [9.17, 15) is 0 Å². The Morgan fingerprint density at radius 1 is 1.00 bits per heavy atom. The maximum Gasteiger partial charge on any atom is 0.0547 e. The summed E-state index contributed by atoms with van der Waals surface area (Å²) in [7, 11) is 0. The van der Waals surface area contributed by atoms with Crippen molar-refractivity contribution in [2.24, 2.45) is 11.8 Å². The first-order valence-electron chi connectivity index (χ1n) is 9.50. The first kappa shape index (κ1) is 17.7. The molecule has 3 nitrogen and oxygen atoms in total. The Labute approximate surface area is 161 Å². The van der Waals surface area contributed by atoms with Crippen molar-refractivity contribution in [1.82, 2.24) is 15.2 Å². The van der Waals surface area contributed by atoms with Crippen molar-refractivity contribution >= 4 is 35.7 Å². The number of hydrogen-bond donors (Lipinski definition) is 2. The lowest BCUT2D eigenvalue weighted by Gasteiger charge is -2.61. The van der Waals surface area contributed by atoms with Crippen molar-refractivity contribution in [1.29, 1.82) is 0 Å². The van der Waals surface area contributed by atoms with Crippen molar-refractivity contribution in [3.05, 3.63) is 35.5 Å². The lowest BCUT2D eigenvalue weighted by molar-refractivity contribution is -0.0920. The summed E-state index contributed by atoms with van der Waals surface area (Å²) < 4.78 is 0. The highest BCUT2D eigenvalue weighted by atomic mass is 35.5. The Kier molecular flexibility index (Phi) is 4.56. The van der Waals surface area contributed by atoms with Gasteiger partial charge < -0.3 is 10.3 Å². The molecule has 1 aliphatic carbocycles. The molecule has 7 rings (SSSR count). The summed E-state index contributed by atoms with van der Waals surface area (Å²) in [6, 6.07) is 11.1. The van der Waals surface area contributed by atoms with Gasteiger partial charge in [-0.3, -0.25) is 4.90 Å². The number of aromatic amines is 1. The minimum atomic E-state index is 0. The molecule has 5 heterocycles. The van der Waals surface area contributed by atoms with E-state index in [1.807, 2.05) is 0 Å². The molecule has 0 radical (unpaired) electrons. The number of nitrogens with one attached hydrogen (secondary N) is 2. The molecule has 5 atom stereocenters. The highest BCUT2D eigenvalue weighted by Crippen LogP contribution is 2.54. The van der Waals surface area contributed by atoms with E-state index in [4.69, 9.17) is 0 Å². The zero-order valence-corrected chi connectivity index (χ0v) is 16.0. The van der Waals surface area contributed by atoms with Gasteiger partial charge in [0.2, 0.25) is 0 Å². The Hall–Kier alpha value is -0.740. The first-order chi connectivity index (χ1) is 11.4. The zero-order chi connectivity index (χ0) is 15.0. The van der Waals surface area contributed by atoms with Crippen LogP contribution in [-0.4, -0.2) is 35.1 Å². The highest BCUT2D eigenvalue weighted by Gasteiger charge is 2.55. The predicted molar refractivity (Wildman–Crippen MR) is 107 cm³/mol. The summed E-state index contributed by atoms with van der Waals surface area (Å²) in [6.07, 6.45) is 6.89. The summed E-state index contributed by atoms with van der Waals surface area (Å²) in [5.41, 5.74) is 4.51. The first-order valence-corrected chi connectivity index (χ1v) is 9.50. The molecule has 25 heavy (non-hydrogen) atoms. The van der Waals surface area contributed by atoms with Crippen molar-refractivity contribution in [3.8, 4) is 0 Å². The van der Waals surface area contributed by atoms with E-state index >= 15 is 0 Å². The summed E-state index contributed by atoms with van der Waals surface area (Å²) in [6.45, 7) is 2.50. The van der Waals surface area contributed by atoms with E-state index < -0.39 is 0 Å². The van der Waals surface area contributed by atoms with Gasteiger partial charge in [0.1, 0.15) is 0 Å². The fraction of sp³-hybridized carbons (Fsp3) is 0.600. The van der Waals surface area contributed by atoms with Gasteiger partial charge in [0.05, 0.1) is 6.04 Å². The maximum atomic E-state index is 3.91. The van der Waals surface area contributed by atoms with Crippen molar-refractivity contribution < 1.29 is 0 Å². The van der Waals surface area contributed by atoms with Gasteiger partial charge in [0, 0.05) is 35.2 Å². The topological polar surface area (TPSA) is 31.1 Å². The maximum absolute atomic E-state index is 3.91. The molecule has 5 aliphatic rings. The Bertz CT molecular complexity index is 773. The average molecular weight is 380 g/mol. The molecule has 5 heteroatoms. The van der Waals surface area contributed by atoms with Gasteiger partial charge in [-0.15, -0.1) is 24.8 Å². The van der Waals surface area contributed by atoms with Gasteiger partial charge in [-0.1, -0.05) is 18.2 Å². The average Bonchev–Trinajstić information content (AvgIpc) is 3.01. The molecule has 2 N–H and O–H groups in total. The molecule has 3 saturated heterocycles. The second kappa shape index (κ2) is 6.45. The number of rotatable bonds is 0. The molecular weight excluding hydrogens is 353 g/mol. The highest BCUT2D eigenvalue weighted by molar-refractivity contribution is 5.86. The lowest BCUT2D eigenvalue weighted by Crippen LogP contribution is -2.67. The third kappa shape index (κ3) is 2.32. The van der Waals surface area contributed by atoms with Crippen LogP contribution >= 0.6 is 24.8 Å². The van der Waals surface area contributed by atoms with Gasteiger partial charge in [-0.2, -0.15) is 0 Å². The molecule has 2 aromatic rings. The van der Waals surface area contributed by atoms with Crippen molar-refractivity contribution in [3.63, 3.8) is 0 Å². The summed E-state index contributed by atoms with van der Waals surface area (Å²) in [4.78, 5) is 6.72. The van der Waals surface area contributed by atoms with E-state index in [2.05, 4.69) is 39.5 Å². The summed E-state index contributed by atoms with van der Waals surface area (Å²) in [5.74, 6) is 1.71. The molecule has 4 fully saturated rings. The molecule has 0 unspecified atom stereocenters. The number of halogens is 2. The number of aromatic nitrogens is 1. The quantitative estimate of drug-likeness (QED) is 0.722. The molecule has 0 spiro atoms. The van der Waals surface area contributed by atoms with Crippen LogP contribution in [0.1, 0.15) is 43.0 Å². The second-order valence-corrected chi connectivity index (χ2v) is 8.09. The number of H-pyrrole nitrogens is 1. The number of benzene rings is 1. The molecule has 1 aromatic carbocycles. The standard InChI is InChI=1S/C20H25N3.2ClH/c1-2-6-16-12(4-1)13-9-11-23-17-8-7-15(20(23)19(13)22-16)18-14(17)5-3-10-21-18;;/h1-2,4,6,14-15,17-18,20-22H,3,5,7-11H2;2*1H/t14-,15-,17+,18+,20-;;/m1../s1. The minimum Gasteiger partial charge on any atom is -0.357 e. The molecule has 0 amide bonds. The summed E-state index contributed by atoms with van der Waals surface area (Å²) >= 11 is 0. The number of piperidine rings is 3. The normalized spacial score (nSPS) is 35.9. The Morgan fingerprint density at radius 3 is 2.80 bits per heavy atom. The molecule has 136 valence electrons. The molecular formula is C20H27Cl2N3. The molecule has 4 aliphatic heterocycles. The van der Waals surface area contributed by atoms with E-state index in [1.54, 1.807) is 11.3 Å². The number of hydrogen-bond acceptors (Lipinski definition) is 2. The van der Waals surface area contributed by atoms with Gasteiger partial charge in [0.15, 0.2) is 0 Å². The van der Waals surface area contributed by atoms with Crippen LogP contribution in [0, 0.1) is 11.8 Å². The van der Waals surface area contributed by atoms with Crippen LogP contribution < -0.4 is 5.32 Å². The summed E-state index contributed by atoms with van der Waals surface area (Å²) in [5, 5.41) is 5.38. The van der Waals surface area contributed by atoms with Gasteiger partial charge in [0.25, 0.3) is 0 Å². The third-order valence-electron chi connectivity index (χ3n) is 7.26. The number of para-hydroxylation sites is 1. The number of nitrogens with zero attached hydrogens (tertiary/aromatic N) is 1. The van der Waals surface area contributed by atoms with E-state index in [1.165, 1.54) is 56.1 Å². The zero-order valence-electron chi connectivity index (χ0n) is 14.4. The van der Waals surface area contributed by atoms with Gasteiger partial charge >= 0.3 is 0 Å². The largest absolute Gasteiger partial charge is 0.357 e.